The van der Waals surface area contributed by atoms with Crippen LogP contribution in [0, 0.1) is 17.7 Å². The lowest BCUT2D eigenvalue weighted by Crippen LogP contribution is -2.38. The molecule has 0 spiro atoms. The van der Waals surface area contributed by atoms with Crippen LogP contribution >= 0.6 is 0 Å². The summed E-state index contributed by atoms with van der Waals surface area (Å²) < 4.78 is 13.6. The van der Waals surface area contributed by atoms with Gasteiger partial charge in [-0.3, -0.25) is 9.59 Å². The van der Waals surface area contributed by atoms with E-state index in [1.54, 1.807) is 18.2 Å². The summed E-state index contributed by atoms with van der Waals surface area (Å²) in [7, 11) is 0. The normalized spacial score (nSPS) is 20.8. The molecule has 0 radical (unpaired) electrons. The SMILES string of the molecule is CCN(CC)C(=O)C1CCC(C(=O)Nc2ccccc2F)CC1. The predicted octanol–water partition coefficient (Wildman–Crippen LogP) is 3.44. The van der Waals surface area contributed by atoms with Crippen molar-refractivity contribution in [3.05, 3.63) is 30.1 Å². The van der Waals surface area contributed by atoms with Crippen LogP contribution in [0.1, 0.15) is 39.5 Å². The maximum Gasteiger partial charge on any atom is 0.227 e. The highest BCUT2D eigenvalue weighted by Gasteiger charge is 2.31. The summed E-state index contributed by atoms with van der Waals surface area (Å²) in [5, 5.41) is 2.66. The third kappa shape index (κ3) is 4.30. The molecule has 1 aliphatic carbocycles. The number of carbonyl (C=O) groups is 2. The fraction of sp³-hybridized carbons (Fsp3) is 0.556. The topological polar surface area (TPSA) is 49.4 Å². The van der Waals surface area contributed by atoms with Crippen LogP contribution in [0.25, 0.3) is 0 Å². The van der Waals surface area contributed by atoms with Gasteiger partial charge in [0.05, 0.1) is 5.69 Å². The van der Waals surface area contributed by atoms with Gasteiger partial charge in [-0.05, 0) is 51.7 Å². The van der Waals surface area contributed by atoms with Crippen molar-refractivity contribution >= 4 is 17.5 Å². The summed E-state index contributed by atoms with van der Waals surface area (Å²) in [6.07, 6.45) is 2.81. The van der Waals surface area contributed by atoms with Gasteiger partial charge in [0.25, 0.3) is 0 Å². The highest BCUT2D eigenvalue weighted by atomic mass is 19.1. The maximum absolute atomic E-state index is 13.6. The Morgan fingerprint density at radius 2 is 1.65 bits per heavy atom. The average Bonchev–Trinajstić information content (AvgIpc) is 2.58. The van der Waals surface area contributed by atoms with Crippen molar-refractivity contribution in [2.24, 2.45) is 11.8 Å². The van der Waals surface area contributed by atoms with Crippen LogP contribution in [0.2, 0.25) is 0 Å². The van der Waals surface area contributed by atoms with E-state index in [0.717, 1.165) is 25.9 Å². The van der Waals surface area contributed by atoms with Gasteiger partial charge in [-0.25, -0.2) is 4.39 Å². The van der Waals surface area contributed by atoms with Crippen LogP contribution in [0.4, 0.5) is 10.1 Å². The molecule has 2 amide bonds. The monoisotopic (exact) mass is 320 g/mol. The van der Waals surface area contributed by atoms with Gasteiger partial charge in [0.15, 0.2) is 0 Å². The number of nitrogens with one attached hydrogen (secondary N) is 1. The zero-order valence-electron chi connectivity index (χ0n) is 13.8. The Kier molecular flexibility index (Phi) is 6.13. The highest BCUT2D eigenvalue weighted by molar-refractivity contribution is 5.92. The molecule has 1 aromatic carbocycles. The fourth-order valence-corrected chi connectivity index (χ4v) is 3.19. The quantitative estimate of drug-likeness (QED) is 0.903. The second-order valence-corrected chi connectivity index (χ2v) is 6.03. The molecule has 4 nitrogen and oxygen atoms in total. The Balaban J connectivity index is 1.88. The van der Waals surface area contributed by atoms with Gasteiger partial charge in [-0.1, -0.05) is 12.1 Å². The van der Waals surface area contributed by atoms with E-state index in [9.17, 15) is 14.0 Å². The number of hydrogen-bond donors (Lipinski definition) is 1. The number of para-hydroxylation sites is 1. The van der Waals surface area contributed by atoms with E-state index < -0.39 is 5.82 Å². The number of rotatable bonds is 5. The minimum atomic E-state index is -0.425. The summed E-state index contributed by atoms with van der Waals surface area (Å²) in [4.78, 5) is 26.5. The molecule has 1 fully saturated rings. The first-order valence-corrected chi connectivity index (χ1v) is 8.41. The molecule has 0 aliphatic heterocycles. The van der Waals surface area contributed by atoms with Crippen molar-refractivity contribution in [3.63, 3.8) is 0 Å². The van der Waals surface area contributed by atoms with Crippen molar-refractivity contribution in [2.75, 3.05) is 18.4 Å². The Morgan fingerprint density at radius 1 is 1.09 bits per heavy atom. The molecule has 0 bridgehead atoms. The Labute approximate surface area is 137 Å². The van der Waals surface area contributed by atoms with Gasteiger partial charge in [-0.15, -0.1) is 0 Å². The molecule has 0 atom stereocenters. The van der Waals surface area contributed by atoms with E-state index in [1.807, 2.05) is 18.7 Å². The first-order valence-electron chi connectivity index (χ1n) is 8.41. The molecule has 0 heterocycles. The average molecular weight is 320 g/mol. The molecule has 2 rings (SSSR count). The van der Waals surface area contributed by atoms with E-state index in [2.05, 4.69) is 5.32 Å². The molecule has 1 aromatic rings. The Hall–Kier alpha value is -1.91. The lowest BCUT2D eigenvalue weighted by atomic mass is 9.81. The van der Waals surface area contributed by atoms with Crippen LogP contribution in [0.15, 0.2) is 24.3 Å². The number of amides is 2. The van der Waals surface area contributed by atoms with Crippen molar-refractivity contribution in [3.8, 4) is 0 Å². The first kappa shape index (κ1) is 17.4. The molecule has 23 heavy (non-hydrogen) atoms. The minimum Gasteiger partial charge on any atom is -0.343 e. The summed E-state index contributed by atoms with van der Waals surface area (Å²) in [6, 6.07) is 6.17. The molecule has 5 heteroatoms. The van der Waals surface area contributed by atoms with Crippen molar-refractivity contribution in [1.29, 1.82) is 0 Å². The van der Waals surface area contributed by atoms with Gasteiger partial charge in [-0.2, -0.15) is 0 Å². The highest BCUT2D eigenvalue weighted by Crippen LogP contribution is 2.31. The smallest absolute Gasteiger partial charge is 0.227 e. The summed E-state index contributed by atoms with van der Waals surface area (Å²) in [6.45, 7) is 5.41. The number of carbonyl (C=O) groups excluding carboxylic acids is 2. The summed E-state index contributed by atoms with van der Waals surface area (Å²) >= 11 is 0. The number of halogens is 1. The Bertz CT molecular complexity index is 550. The predicted molar refractivity (Wildman–Crippen MR) is 88.4 cm³/mol. The third-order valence-electron chi connectivity index (χ3n) is 4.65. The Morgan fingerprint density at radius 3 is 2.22 bits per heavy atom. The fourth-order valence-electron chi connectivity index (χ4n) is 3.19. The number of nitrogens with zero attached hydrogens (tertiary/aromatic N) is 1. The van der Waals surface area contributed by atoms with Gasteiger partial charge < -0.3 is 10.2 Å². The van der Waals surface area contributed by atoms with Crippen LogP contribution in [-0.2, 0) is 9.59 Å². The molecule has 1 aliphatic rings. The van der Waals surface area contributed by atoms with Crippen LogP contribution in [-0.4, -0.2) is 29.8 Å². The molecular weight excluding hydrogens is 295 g/mol. The number of hydrogen-bond acceptors (Lipinski definition) is 2. The van der Waals surface area contributed by atoms with Crippen LogP contribution in [0.3, 0.4) is 0 Å². The van der Waals surface area contributed by atoms with E-state index in [4.69, 9.17) is 0 Å². The molecule has 1 N–H and O–H groups in total. The number of anilines is 1. The zero-order chi connectivity index (χ0) is 16.8. The van der Waals surface area contributed by atoms with Crippen molar-refractivity contribution in [2.45, 2.75) is 39.5 Å². The maximum atomic E-state index is 13.6. The molecule has 126 valence electrons. The second kappa shape index (κ2) is 8.09. The van der Waals surface area contributed by atoms with E-state index in [0.29, 0.717) is 12.8 Å². The van der Waals surface area contributed by atoms with E-state index in [1.165, 1.54) is 6.07 Å². The third-order valence-corrected chi connectivity index (χ3v) is 4.65. The van der Waals surface area contributed by atoms with E-state index in [-0.39, 0.29) is 29.3 Å². The summed E-state index contributed by atoms with van der Waals surface area (Å²) in [5.74, 6) is -0.499. The van der Waals surface area contributed by atoms with Crippen molar-refractivity contribution in [1.82, 2.24) is 4.90 Å². The largest absolute Gasteiger partial charge is 0.343 e. The molecular formula is C18H25FN2O2. The second-order valence-electron chi connectivity index (χ2n) is 6.03. The summed E-state index contributed by atoms with van der Waals surface area (Å²) in [5.41, 5.74) is 0.221. The zero-order valence-corrected chi connectivity index (χ0v) is 13.8. The lowest BCUT2D eigenvalue weighted by molar-refractivity contribution is -0.137. The lowest BCUT2D eigenvalue weighted by Gasteiger charge is -2.30. The minimum absolute atomic E-state index is 0.0208. The molecule has 1 saturated carbocycles. The molecule has 0 saturated heterocycles. The standard InChI is InChI=1S/C18H25FN2O2/c1-3-21(4-2)18(23)14-11-9-13(10-12-14)17(22)20-16-8-6-5-7-15(16)19/h5-8,13-14H,3-4,9-12H2,1-2H3,(H,20,22). The van der Waals surface area contributed by atoms with Gasteiger partial charge in [0, 0.05) is 24.9 Å². The van der Waals surface area contributed by atoms with Gasteiger partial charge >= 0.3 is 0 Å². The van der Waals surface area contributed by atoms with Crippen LogP contribution in [0.5, 0.6) is 0 Å². The van der Waals surface area contributed by atoms with Gasteiger partial charge in [0.1, 0.15) is 5.82 Å². The number of benzene rings is 1. The van der Waals surface area contributed by atoms with E-state index >= 15 is 0 Å². The van der Waals surface area contributed by atoms with Crippen LogP contribution < -0.4 is 5.32 Å². The van der Waals surface area contributed by atoms with Gasteiger partial charge in [0.2, 0.25) is 11.8 Å². The molecule has 0 unspecified atom stereocenters. The van der Waals surface area contributed by atoms with Crippen molar-refractivity contribution < 1.29 is 14.0 Å². The first-order chi connectivity index (χ1) is 11.1. The molecule has 0 aromatic heterocycles.